The van der Waals surface area contributed by atoms with Crippen LogP contribution in [0.3, 0.4) is 0 Å². The summed E-state index contributed by atoms with van der Waals surface area (Å²) in [6, 6.07) is 0. The highest BCUT2D eigenvalue weighted by Gasteiger charge is 2.48. The summed E-state index contributed by atoms with van der Waals surface area (Å²) < 4.78 is 13.5. The molecule has 0 spiro atoms. The molecule has 0 aromatic heterocycles. The van der Waals surface area contributed by atoms with Gasteiger partial charge in [0.15, 0.2) is 22.4 Å². The third-order valence-electron chi connectivity index (χ3n) is 7.22. The molecule has 0 heterocycles. The van der Waals surface area contributed by atoms with Crippen molar-refractivity contribution in [3.63, 3.8) is 0 Å². The van der Waals surface area contributed by atoms with Gasteiger partial charge in [0.05, 0.1) is 6.10 Å². The van der Waals surface area contributed by atoms with Crippen molar-refractivity contribution in [1.82, 2.24) is 0 Å². The van der Waals surface area contributed by atoms with Crippen LogP contribution in [0.25, 0.3) is 0 Å². The SMILES string of the molecule is CCC/C=C/C=C/[C@H]1CC(=O)[C@H](O[Si](C)(C)C(C)(C)C)[C@H](O[Si](C)(C)C(C)(C)C)C1. The van der Waals surface area contributed by atoms with Crippen LogP contribution in [0.1, 0.15) is 74.1 Å². The molecule has 1 rings (SSSR count). The second kappa shape index (κ2) is 10.4. The van der Waals surface area contributed by atoms with Gasteiger partial charge in [-0.25, -0.2) is 0 Å². The molecule has 30 heavy (non-hydrogen) atoms. The molecule has 1 saturated carbocycles. The summed E-state index contributed by atoms with van der Waals surface area (Å²) in [5.41, 5.74) is 0. The molecule has 5 heteroatoms. The fraction of sp³-hybridized carbons (Fsp3) is 0.800. The molecule has 3 atom stereocenters. The Kier molecular flexibility index (Phi) is 9.56. The fourth-order valence-electron chi connectivity index (χ4n) is 3.10. The maximum atomic E-state index is 13.3. The second-order valence-corrected chi connectivity index (χ2v) is 21.5. The van der Waals surface area contributed by atoms with Crippen LogP contribution in [0.4, 0.5) is 0 Å². The van der Waals surface area contributed by atoms with Crippen LogP contribution >= 0.6 is 0 Å². The standard InChI is InChI=1S/C25H48O3Si2/c1-12-13-14-15-16-17-20-18-21(26)23(28-30(10,11)25(5,6)7)22(19-20)27-29(8,9)24(2,3)4/h14-17,20,22-23H,12-13,18-19H2,1-11H3/b15-14+,17-16+/t20-,22+,23-/m0/s1. The van der Waals surface area contributed by atoms with E-state index in [1.165, 1.54) is 0 Å². The van der Waals surface area contributed by atoms with Gasteiger partial charge in [-0.2, -0.15) is 0 Å². The van der Waals surface area contributed by atoms with Gasteiger partial charge in [0.1, 0.15) is 6.10 Å². The number of unbranched alkanes of at least 4 members (excludes halogenated alkanes) is 1. The Morgan fingerprint density at radius 2 is 1.47 bits per heavy atom. The predicted octanol–water partition coefficient (Wildman–Crippen LogP) is 7.66. The Bertz CT molecular complexity index is 621. The highest BCUT2D eigenvalue weighted by molar-refractivity contribution is 6.74. The van der Waals surface area contributed by atoms with Crippen molar-refractivity contribution in [3.05, 3.63) is 24.3 Å². The van der Waals surface area contributed by atoms with Crippen molar-refractivity contribution < 1.29 is 13.6 Å². The Morgan fingerprint density at radius 1 is 0.933 bits per heavy atom. The maximum absolute atomic E-state index is 13.3. The van der Waals surface area contributed by atoms with Crippen molar-refractivity contribution >= 4 is 22.4 Å². The van der Waals surface area contributed by atoms with Gasteiger partial charge < -0.3 is 8.85 Å². The van der Waals surface area contributed by atoms with Crippen LogP contribution in [0.5, 0.6) is 0 Å². The Labute approximate surface area is 189 Å². The highest BCUT2D eigenvalue weighted by Crippen LogP contribution is 2.43. The average Bonchev–Trinajstić information content (AvgIpc) is 2.55. The first kappa shape index (κ1) is 27.5. The van der Waals surface area contributed by atoms with Gasteiger partial charge in [0.2, 0.25) is 0 Å². The lowest BCUT2D eigenvalue weighted by Crippen LogP contribution is -2.56. The van der Waals surface area contributed by atoms with E-state index in [1.54, 1.807) is 0 Å². The summed E-state index contributed by atoms with van der Waals surface area (Å²) in [5.74, 6) is 0.430. The van der Waals surface area contributed by atoms with Gasteiger partial charge in [-0.1, -0.05) is 79.2 Å². The molecule has 0 radical (unpaired) electrons. The maximum Gasteiger partial charge on any atom is 0.193 e. The summed E-state index contributed by atoms with van der Waals surface area (Å²) in [5, 5.41) is 0.166. The molecule has 0 amide bonds. The highest BCUT2D eigenvalue weighted by atomic mass is 28.4. The number of rotatable bonds is 8. The van der Waals surface area contributed by atoms with E-state index in [0.717, 1.165) is 19.3 Å². The number of hydrogen-bond acceptors (Lipinski definition) is 3. The molecule has 3 nitrogen and oxygen atoms in total. The summed E-state index contributed by atoms with van der Waals surface area (Å²) in [6.45, 7) is 24.6. The Morgan fingerprint density at radius 3 is 1.97 bits per heavy atom. The zero-order chi connectivity index (χ0) is 23.4. The van der Waals surface area contributed by atoms with Crippen LogP contribution in [0, 0.1) is 5.92 Å². The lowest BCUT2D eigenvalue weighted by Gasteiger charge is -2.47. The number of hydrogen-bond donors (Lipinski definition) is 0. The number of Topliss-reactive ketones (excluding diaryl/α,β-unsaturated/α-hetero) is 1. The van der Waals surface area contributed by atoms with Crippen molar-refractivity contribution in [1.29, 1.82) is 0 Å². The first-order chi connectivity index (χ1) is 13.5. The number of carbonyl (C=O) groups excluding carboxylic acids is 1. The zero-order valence-electron chi connectivity index (χ0n) is 21.6. The van der Waals surface area contributed by atoms with Crippen molar-refractivity contribution in [2.24, 2.45) is 5.92 Å². The van der Waals surface area contributed by atoms with Crippen molar-refractivity contribution in [3.8, 4) is 0 Å². The number of ketones is 1. The fourth-order valence-corrected chi connectivity index (χ4v) is 5.70. The van der Waals surface area contributed by atoms with Gasteiger partial charge in [0.25, 0.3) is 0 Å². The topological polar surface area (TPSA) is 35.5 Å². The molecule has 174 valence electrons. The van der Waals surface area contributed by atoms with E-state index in [9.17, 15) is 4.79 Å². The van der Waals surface area contributed by atoms with Gasteiger partial charge >= 0.3 is 0 Å². The molecule has 1 aliphatic rings. The first-order valence-electron chi connectivity index (χ1n) is 11.7. The average molecular weight is 453 g/mol. The Balaban J connectivity index is 3.12. The quantitative estimate of drug-likeness (QED) is 0.280. The second-order valence-electron chi connectivity index (χ2n) is 12.0. The smallest absolute Gasteiger partial charge is 0.193 e. The third-order valence-corrected chi connectivity index (χ3v) is 16.2. The predicted molar refractivity (Wildman–Crippen MR) is 135 cm³/mol. The van der Waals surface area contributed by atoms with Crippen molar-refractivity contribution in [2.45, 2.75) is 123 Å². The molecule has 0 aliphatic heterocycles. The minimum absolute atomic E-state index is 0.0651. The monoisotopic (exact) mass is 452 g/mol. The minimum atomic E-state index is -2.07. The molecule has 0 unspecified atom stereocenters. The van der Waals surface area contributed by atoms with Gasteiger partial charge in [0, 0.05) is 6.42 Å². The van der Waals surface area contributed by atoms with Crippen LogP contribution in [0.2, 0.25) is 36.3 Å². The van der Waals surface area contributed by atoms with E-state index in [1.807, 2.05) is 0 Å². The number of allylic oxidation sites excluding steroid dienone is 4. The van der Waals surface area contributed by atoms with Crippen LogP contribution in [-0.2, 0) is 13.6 Å². The lowest BCUT2D eigenvalue weighted by atomic mass is 9.84. The van der Waals surface area contributed by atoms with Crippen molar-refractivity contribution in [2.75, 3.05) is 0 Å². The van der Waals surface area contributed by atoms with E-state index >= 15 is 0 Å². The first-order valence-corrected chi connectivity index (χ1v) is 17.5. The zero-order valence-corrected chi connectivity index (χ0v) is 23.6. The van der Waals surface area contributed by atoms with E-state index in [0.29, 0.717) is 6.42 Å². The summed E-state index contributed by atoms with van der Waals surface area (Å²) in [7, 11) is -4.09. The Hall–Kier alpha value is -0.496. The molecule has 0 bridgehead atoms. The van der Waals surface area contributed by atoms with Gasteiger partial charge in [-0.15, -0.1) is 0 Å². The number of carbonyl (C=O) groups is 1. The minimum Gasteiger partial charge on any atom is -0.411 e. The third kappa shape index (κ3) is 7.57. The molecule has 0 N–H and O–H groups in total. The molecular formula is C25H48O3Si2. The van der Waals surface area contributed by atoms with E-state index in [-0.39, 0.29) is 27.9 Å². The molecule has 1 aliphatic carbocycles. The molecule has 0 saturated heterocycles. The summed E-state index contributed by atoms with van der Waals surface area (Å²) in [4.78, 5) is 13.3. The normalized spacial score (nSPS) is 24.9. The summed E-state index contributed by atoms with van der Waals surface area (Å²) >= 11 is 0. The van der Waals surface area contributed by atoms with Crippen LogP contribution < -0.4 is 0 Å². The van der Waals surface area contributed by atoms with E-state index < -0.39 is 22.7 Å². The summed E-state index contributed by atoms with van der Waals surface area (Å²) in [6.07, 6.45) is 11.7. The molecule has 0 aromatic rings. The van der Waals surface area contributed by atoms with Crippen LogP contribution in [-0.4, -0.2) is 34.6 Å². The van der Waals surface area contributed by atoms with Crippen LogP contribution in [0.15, 0.2) is 24.3 Å². The van der Waals surface area contributed by atoms with E-state index in [4.69, 9.17) is 8.85 Å². The largest absolute Gasteiger partial charge is 0.411 e. The molecule has 0 aromatic carbocycles. The van der Waals surface area contributed by atoms with Gasteiger partial charge in [-0.05, 0) is 55.0 Å². The van der Waals surface area contributed by atoms with E-state index in [2.05, 4.69) is 99.0 Å². The van der Waals surface area contributed by atoms with Gasteiger partial charge in [-0.3, -0.25) is 4.79 Å². The molecular weight excluding hydrogens is 404 g/mol. The lowest BCUT2D eigenvalue weighted by molar-refractivity contribution is -0.136. The molecule has 1 fully saturated rings.